The van der Waals surface area contributed by atoms with E-state index in [-0.39, 0.29) is 39.2 Å². The Morgan fingerprint density at radius 3 is 1.63 bits per heavy atom. The molecule has 394 valence electrons. The van der Waals surface area contributed by atoms with Crippen LogP contribution in [-0.2, 0) is 32.5 Å². The lowest BCUT2D eigenvalue weighted by Gasteiger charge is -2.48. The molecule has 1 aromatic heterocycles. The highest BCUT2D eigenvalue weighted by molar-refractivity contribution is 7.25. The number of benzene rings is 8. The van der Waals surface area contributed by atoms with Gasteiger partial charge in [-0.05, 0) is 205 Å². The Kier molecular flexibility index (Phi) is 10.3. The van der Waals surface area contributed by atoms with E-state index in [1.54, 1.807) is 0 Å². The summed E-state index contributed by atoms with van der Waals surface area (Å²) in [6.07, 6.45) is 3.23. The lowest BCUT2D eigenvalue weighted by Crippen LogP contribution is -2.62. The average molecular weight is 1040 g/mol. The van der Waals surface area contributed by atoms with Gasteiger partial charge in [0, 0.05) is 75.5 Å². The molecule has 5 heteroatoms. The first-order valence-electron chi connectivity index (χ1n) is 30.1. The van der Waals surface area contributed by atoms with Crippen molar-refractivity contribution in [2.75, 3.05) is 14.7 Å². The summed E-state index contributed by atoms with van der Waals surface area (Å²) in [6.45, 7) is 32.6. The summed E-state index contributed by atoms with van der Waals surface area (Å²) in [5.41, 5.74) is 22.3. The van der Waals surface area contributed by atoms with Crippen molar-refractivity contribution in [2.45, 2.75) is 162 Å². The molecule has 0 atom stereocenters. The topological polar surface area (TPSA) is 9.72 Å². The van der Waals surface area contributed by atoms with Crippen LogP contribution in [0.4, 0.5) is 51.2 Å². The van der Waals surface area contributed by atoms with Gasteiger partial charge in [0.25, 0.3) is 6.71 Å². The molecule has 0 fully saturated rings. The van der Waals surface area contributed by atoms with Crippen molar-refractivity contribution >= 4 is 106 Å². The molecule has 8 aromatic carbocycles. The minimum absolute atomic E-state index is 0.0117. The smallest absolute Gasteiger partial charge is 0.252 e. The van der Waals surface area contributed by atoms with Crippen LogP contribution in [0.1, 0.15) is 165 Å². The van der Waals surface area contributed by atoms with Crippen molar-refractivity contribution in [3.63, 3.8) is 0 Å². The third-order valence-electron chi connectivity index (χ3n) is 18.8. The van der Waals surface area contributed by atoms with Gasteiger partial charge in [0.15, 0.2) is 0 Å². The van der Waals surface area contributed by atoms with E-state index in [0.29, 0.717) is 5.56 Å². The maximum absolute atomic E-state index is 9.37. The quantitative estimate of drug-likeness (QED) is 0.159. The number of aryl methyl sites for hydroxylation is 2. The molecular formula is C73H78BN3S. The van der Waals surface area contributed by atoms with E-state index in [2.05, 4.69) is 252 Å². The molecule has 0 saturated heterocycles. The minimum Gasteiger partial charge on any atom is -0.311 e. The third kappa shape index (κ3) is 7.86. The van der Waals surface area contributed by atoms with Crippen molar-refractivity contribution < 1.29 is 4.11 Å². The Morgan fingerprint density at radius 2 is 1.01 bits per heavy atom. The van der Waals surface area contributed by atoms with Crippen LogP contribution in [0.5, 0.6) is 0 Å². The van der Waals surface area contributed by atoms with Gasteiger partial charge < -0.3 is 14.7 Å². The normalized spacial score (nSPS) is 18.1. The van der Waals surface area contributed by atoms with Gasteiger partial charge in [-0.3, -0.25) is 0 Å². The van der Waals surface area contributed by atoms with Crippen molar-refractivity contribution in [2.24, 2.45) is 0 Å². The van der Waals surface area contributed by atoms with Crippen LogP contribution < -0.4 is 31.1 Å². The number of fused-ring (bicyclic) bond motifs is 9. The molecule has 4 aliphatic rings. The molecular weight excluding hydrogens is 962 g/mol. The van der Waals surface area contributed by atoms with Crippen molar-refractivity contribution in [1.29, 1.82) is 0 Å². The first kappa shape index (κ1) is 47.4. The van der Waals surface area contributed by atoms with E-state index in [4.69, 9.17) is 0 Å². The molecule has 3 nitrogen and oxygen atoms in total. The van der Waals surface area contributed by atoms with Gasteiger partial charge >= 0.3 is 0 Å². The Hall–Kier alpha value is -6.56. The van der Waals surface area contributed by atoms with E-state index >= 15 is 0 Å². The van der Waals surface area contributed by atoms with E-state index < -0.39 is 6.85 Å². The summed E-state index contributed by atoms with van der Waals surface area (Å²) in [6, 6.07) is 55.1. The molecule has 0 saturated carbocycles. The molecule has 0 unspecified atom stereocenters. The van der Waals surface area contributed by atoms with Crippen LogP contribution in [-0.4, -0.2) is 6.71 Å². The highest BCUT2D eigenvalue weighted by Gasteiger charge is 2.48. The number of thiophene rings is 1. The van der Waals surface area contributed by atoms with Gasteiger partial charge in [-0.25, -0.2) is 0 Å². The van der Waals surface area contributed by atoms with Gasteiger partial charge in [0.05, 0.1) is 0 Å². The summed E-state index contributed by atoms with van der Waals surface area (Å²) < 4.78 is 30.5. The third-order valence-corrected chi connectivity index (χ3v) is 19.9. The average Bonchev–Trinajstić information content (AvgIpc) is 1.60. The molecule has 0 N–H and O–H groups in total. The fourth-order valence-electron chi connectivity index (χ4n) is 14.6. The molecule has 13 rings (SSSR count). The lowest BCUT2D eigenvalue weighted by atomic mass is 9.33. The standard InChI is InChI=1S/C73H78BN3S/c1-44-35-63-67-64(36-44)77(60-41-57-54(37-45(60)2)72(13,14)43-73(57,15)16)62-42-56-55(70(9,10)33-34-71(56,11)12)40-59(62)74(67)58-32-30-50(38-61(58)76(63)51-29-31-53-52-19-17-18-20-65(52)78-66(53)39-51)75(48-25-21-46(22-26-48)68(3,4)5)49-27-23-47(24-28-49)69(6,7)8/h17-32,35-42H,33-34,43H2,1-16H3/i1D3. The zero-order chi connectivity index (χ0) is 57.5. The zero-order valence-corrected chi connectivity index (χ0v) is 49.6. The van der Waals surface area contributed by atoms with Gasteiger partial charge in [-0.2, -0.15) is 0 Å². The van der Waals surface area contributed by atoms with Gasteiger partial charge in [0.1, 0.15) is 0 Å². The molecule has 0 radical (unpaired) electrons. The largest absolute Gasteiger partial charge is 0.311 e. The van der Waals surface area contributed by atoms with Crippen LogP contribution >= 0.6 is 11.3 Å². The number of rotatable bonds is 5. The monoisotopic (exact) mass is 1040 g/mol. The Labute approximate surface area is 474 Å². The molecule has 3 heterocycles. The molecule has 2 aliphatic heterocycles. The second kappa shape index (κ2) is 17.0. The molecule has 78 heavy (non-hydrogen) atoms. The summed E-state index contributed by atoms with van der Waals surface area (Å²) >= 11 is 1.82. The lowest BCUT2D eigenvalue weighted by molar-refractivity contribution is 0.332. The summed E-state index contributed by atoms with van der Waals surface area (Å²) in [5, 5.41) is 2.47. The molecule has 0 spiro atoms. The van der Waals surface area contributed by atoms with Crippen molar-refractivity contribution in [3.05, 3.63) is 190 Å². The maximum atomic E-state index is 9.37. The van der Waals surface area contributed by atoms with E-state index in [9.17, 15) is 4.11 Å². The SMILES string of the molecule is [2H]C([2H])([2H])c1cc2c3c(c1)N(c1cc4c(cc1C)C(C)(C)CC4(C)C)c1cc4c(cc1B3c1ccc(N(c3ccc(C(C)(C)C)cc3)c3ccc(C(C)(C)C)cc3)cc1N2c1ccc2c(c1)sc1ccccc12)C(C)(C)CCC4(C)C. The summed E-state index contributed by atoms with van der Waals surface area (Å²) in [5.74, 6) is 0. The summed E-state index contributed by atoms with van der Waals surface area (Å²) in [4.78, 5) is 7.34. The van der Waals surface area contributed by atoms with Crippen LogP contribution in [0.25, 0.3) is 20.2 Å². The minimum atomic E-state index is -2.41. The molecule has 0 bridgehead atoms. The fourth-order valence-corrected chi connectivity index (χ4v) is 15.7. The highest BCUT2D eigenvalue weighted by atomic mass is 32.1. The second-order valence-electron chi connectivity index (χ2n) is 28.3. The first-order valence-corrected chi connectivity index (χ1v) is 29.4. The van der Waals surface area contributed by atoms with Gasteiger partial charge in [-0.15, -0.1) is 11.3 Å². The number of anilines is 9. The number of hydrogen-bond acceptors (Lipinski definition) is 4. The summed E-state index contributed by atoms with van der Waals surface area (Å²) in [7, 11) is 0. The van der Waals surface area contributed by atoms with Gasteiger partial charge in [0.2, 0.25) is 0 Å². The Morgan fingerprint density at radius 1 is 0.487 bits per heavy atom. The van der Waals surface area contributed by atoms with Crippen LogP contribution in [0.15, 0.2) is 146 Å². The Bertz CT molecular complexity index is 4010. The number of nitrogens with zero attached hydrogens (tertiary/aromatic N) is 3. The van der Waals surface area contributed by atoms with Crippen molar-refractivity contribution in [1.82, 2.24) is 0 Å². The first-order chi connectivity index (χ1) is 37.9. The van der Waals surface area contributed by atoms with Crippen molar-refractivity contribution in [3.8, 4) is 0 Å². The predicted molar refractivity (Wildman–Crippen MR) is 341 cm³/mol. The molecule has 0 amide bonds. The van der Waals surface area contributed by atoms with Crippen LogP contribution in [0, 0.1) is 13.8 Å². The fraction of sp³-hybridized carbons (Fsp3) is 0.342. The van der Waals surface area contributed by atoms with Crippen LogP contribution in [0.3, 0.4) is 0 Å². The van der Waals surface area contributed by atoms with E-state index in [1.165, 1.54) is 70.0 Å². The zero-order valence-electron chi connectivity index (χ0n) is 51.8. The van der Waals surface area contributed by atoms with Gasteiger partial charge in [-0.1, -0.05) is 164 Å². The molecule has 2 aliphatic carbocycles. The maximum Gasteiger partial charge on any atom is 0.252 e. The second-order valence-corrected chi connectivity index (χ2v) is 29.4. The van der Waals surface area contributed by atoms with Crippen LogP contribution in [0.2, 0.25) is 0 Å². The highest BCUT2D eigenvalue weighted by Crippen LogP contribution is 2.55. The van der Waals surface area contributed by atoms with E-state index in [1.807, 2.05) is 23.5 Å². The van der Waals surface area contributed by atoms with E-state index in [0.717, 1.165) is 75.9 Å². The predicted octanol–water partition coefficient (Wildman–Crippen LogP) is 19.1. The molecule has 9 aromatic rings. The Balaban J connectivity index is 1.14. The number of hydrogen-bond donors (Lipinski definition) is 0.